The molecule has 1 rings (SSSR count). The quantitative estimate of drug-likeness (QED) is 0.309. The van der Waals surface area contributed by atoms with Crippen molar-refractivity contribution in [3.63, 3.8) is 0 Å². The zero-order chi connectivity index (χ0) is 20.7. The highest BCUT2D eigenvalue weighted by Crippen LogP contribution is 2.45. The van der Waals surface area contributed by atoms with E-state index in [1.54, 1.807) is 0 Å². The Morgan fingerprint density at radius 1 is 1.30 bits per heavy atom. The summed E-state index contributed by atoms with van der Waals surface area (Å²) in [6.07, 6.45) is 2.48. The van der Waals surface area contributed by atoms with Crippen molar-refractivity contribution in [2.75, 3.05) is 19.7 Å². The van der Waals surface area contributed by atoms with Crippen molar-refractivity contribution in [2.45, 2.75) is 82.3 Å². The van der Waals surface area contributed by atoms with E-state index in [1.807, 2.05) is 26.9 Å². The van der Waals surface area contributed by atoms with E-state index in [-0.39, 0.29) is 17.6 Å². The second-order valence-corrected chi connectivity index (χ2v) is 13.1. The van der Waals surface area contributed by atoms with Crippen molar-refractivity contribution < 1.29 is 24.2 Å². The lowest BCUT2D eigenvalue weighted by Crippen LogP contribution is -2.43. The van der Waals surface area contributed by atoms with Crippen LogP contribution in [0.3, 0.4) is 0 Å². The molecule has 0 aromatic carbocycles. The number of unbranched alkanes of at least 4 members (excludes halogenated alkanes) is 3. The summed E-state index contributed by atoms with van der Waals surface area (Å²) >= 11 is 0. The van der Waals surface area contributed by atoms with Crippen LogP contribution in [0.2, 0.25) is 18.1 Å². The Kier molecular flexibility index (Phi) is 9.78. The van der Waals surface area contributed by atoms with Crippen LogP contribution in [-0.2, 0) is 9.47 Å². The maximum Gasteiger partial charge on any atom is 0.407 e. The second-order valence-electron chi connectivity index (χ2n) is 8.67. The molecule has 1 saturated heterocycles. The number of ether oxygens (including phenoxy) is 2. The SMILES string of the molecule is [B][C@@H]1O[C@H](COC(=O)NCCCCCCN)[C@H](O)C1CC(C)(C)[Si](C)(C)O. The van der Waals surface area contributed by atoms with Crippen LogP contribution in [-0.4, -0.2) is 70.1 Å². The van der Waals surface area contributed by atoms with Crippen LogP contribution in [0.1, 0.15) is 46.0 Å². The molecule has 0 aromatic heterocycles. The molecule has 0 spiro atoms. The van der Waals surface area contributed by atoms with Crippen LogP contribution in [0.4, 0.5) is 4.79 Å². The van der Waals surface area contributed by atoms with E-state index in [1.165, 1.54) is 0 Å². The molecule has 0 bridgehead atoms. The molecule has 1 heterocycles. The van der Waals surface area contributed by atoms with E-state index >= 15 is 0 Å². The fourth-order valence-electron chi connectivity index (χ4n) is 3.09. The van der Waals surface area contributed by atoms with Gasteiger partial charge in [-0.15, -0.1) is 0 Å². The van der Waals surface area contributed by atoms with Gasteiger partial charge in [0.1, 0.15) is 20.6 Å². The van der Waals surface area contributed by atoms with Gasteiger partial charge in [-0.05, 0) is 43.9 Å². The number of hydrogen-bond acceptors (Lipinski definition) is 6. The van der Waals surface area contributed by atoms with Gasteiger partial charge in [0.15, 0.2) is 8.32 Å². The van der Waals surface area contributed by atoms with Crippen molar-refractivity contribution in [1.29, 1.82) is 0 Å². The third-order valence-corrected chi connectivity index (χ3v) is 9.27. The third kappa shape index (κ3) is 7.73. The highest BCUT2D eigenvalue weighted by atomic mass is 28.4. The van der Waals surface area contributed by atoms with E-state index in [4.69, 9.17) is 23.1 Å². The number of carbonyl (C=O) groups excluding carboxylic acids is 1. The Labute approximate surface area is 165 Å². The van der Waals surface area contributed by atoms with Crippen molar-refractivity contribution in [1.82, 2.24) is 5.32 Å². The summed E-state index contributed by atoms with van der Waals surface area (Å²) < 4.78 is 10.8. The van der Waals surface area contributed by atoms with Crippen LogP contribution in [0.15, 0.2) is 0 Å². The summed E-state index contributed by atoms with van der Waals surface area (Å²) in [6.45, 7) is 8.92. The minimum atomic E-state index is -2.42. The lowest BCUT2D eigenvalue weighted by Gasteiger charge is -2.38. The molecule has 27 heavy (non-hydrogen) atoms. The molecule has 2 radical (unpaired) electrons. The van der Waals surface area contributed by atoms with Gasteiger partial charge in [-0.1, -0.05) is 26.7 Å². The molecular weight excluding hydrogens is 363 g/mol. The predicted octanol–water partition coefficient (Wildman–Crippen LogP) is 1.47. The molecule has 1 aliphatic heterocycles. The molecule has 9 heteroatoms. The van der Waals surface area contributed by atoms with Crippen LogP contribution in [0, 0.1) is 5.92 Å². The Bertz CT molecular complexity index is 462. The fraction of sp³-hybridized carbons (Fsp3) is 0.944. The summed E-state index contributed by atoms with van der Waals surface area (Å²) in [7, 11) is 3.62. The molecule has 5 N–H and O–H groups in total. The zero-order valence-electron chi connectivity index (χ0n) is 17.2. The minimum absolute atomic E-state index is 0.0508. The van der Waals surface area contributed by atoms with Crippen LogP contribution in [0.25, 0.3) is 0 Å². The monoisotopic (exact) mass is 400 g/mol. The van der Waals surface area contributed by atoms with Crippen molar-refractivity contribution in [3.05, 3.63) is 0 Å². The number of nitrogens with one attached hydrogen (secondary N) is 1. The highest BCUT2D eigenvalue weighted by Gasteiger charge is 2.47. The average Bonchev–Trinajstić information content (AvgIpc) is 2.82. The minimum Gasteiger partial charge on any atom is -0.447 e. The van der Waals surface area contributed by atoms with Gasteiger partial charge in [-0.25, -0.2) is 4.79 Å². The van der Waals surface area contributed by atoms with Crippen LogP contribution >= 0.6 is 0 Å². The lowest BCUT2D eigenvalue weighted by molar-refractivity contribution is -0.0114. The Hall–Kier alpha value is -0.608. The predicted molar refractivity (Wildman–Crippen MR) is 109 cm³/mol. The summed E-state index contributed by atoms with van der Waals surface area (Å²) in [5.41, 5.74) is 5.43. The number of hydrogen-bond donors (Lipinski definition) is 4. The fourth-order valence-corrected chi connectivity index (χ4v) is 3.82. The van der Waals surface area contributed by atoms with Gasteiger partial charge in [0, 0.05) is 18.5 Å². The Morgan fingerprint density at radius 2 is 1.93 bits per heavy atom. The molecule has 1 amide bonds. The number of aliphatic hydroxyl groups is 1. The van der Waals surface area contributed by atoms with Gasteiger partial charge in [-0.2, -0.15) is 0 Å². The van der Waals surface area contributed by atoms with Gasteiger partial charge in [-0.3, -0.25) is 0 Å². The van der Waals surface area contributed by atoms with E-state index in [0.717, 1.165) is 25.7 Å². The van der Waals surface area contributed by atoms with Crippen molar-refractivity contribution in [3.8, 4) is 0 Å². The number of nitrogens with two attached hydrogens (primary N) is 1. The summed E-state index contributed by atoms with van der Waals surface area (Å²) in [5, 5.41) is 12.9. The standard InChI is InChI=1S/C18H37BN2O5Si/c1-18(2,27(3,4)24)11-13-15(22)14(26-16(13)19)12-25-17(23)21-10-8-6-5-7-9-20/h13-16,22,24H,5-12,20H2,1-4H3,(H,21,23)/t13?,14-,15-,16-/m1/s1. The lowest BCUT2D eigenvalue weighted by atomic mass is 9.79. The smallest absolute Gasteiger partial charge is 0.407 e. The molecule has 156 valence electrons. The number of alkyl carbamates (subject to hydrolysis) is 1. The first-order chi connectivity index (χ1) is 12.5. The molecule has 1 aliphatic rings. The van der Waals surface area contributed by atoms with Crippen LogP contribution in [0.5, 0.6) is 0 Å². The molecule has 1 unspecified atom stereocenters. The van der Waals surface area contributed by atoms with Gasteiger partial charge >= 0.3 is 6.09 Å². The maximum absolute atomic E-state index is 11.8. The molecule has 4 atom stereocenters. The molecule has 0 aliphatic carbocycles. The first-order valence-electron chi connectivity index (χ1n) is 9.92. The summed E-state index contributed by atoms with van der Waals surface area (Å²) in [5.74, 6) is -0.307. The molecule has 7 nitrogen and oxygen atoms in total. The summed E-state index contributed by atoms with van der Waals surface area (Å²) in [4.78, 5) is 22.2. The zero-order valence-corrected chi connectivity index (χ0v) is 18.2. The van der Waals surface area contributed by atoms with E-state index in [2.05, 4.69) is 5.32 Å². The molecular formula is C18H37BN2O5Si. The van der Waals surface area contributed by atoms with E-state index < -0.39 is 32.6 Å². The van der Waals surface area contributed by atoms with Crippen LogP contribution < -0.4 is 11.1 Å². The first kappa shape index (κ1) is 24.4. The number of aliphatic hydroxyl groups excluding tert-OH is 1. The normalized spacial score (nSPS) is 26.2. The first-order valence-corrected chi connectivity index (χ1v) is 12.9. The van der Waals surface area contributed by atoms with Gasteiger partial charge in [0.25, 0.3) is 0 Å². The van der Waals surface area contributed by atoms with E-state index in [0.29, 0.717) is 19.5 Å². The van der Waals surface area contributed by atoms with Gasteiger partial charge < -0.3 is 30.4 Å². The van der Waals surface area contributed by atoms with Gasteiger partial charge in [0.2, 0.25) is 0 Å². The molecule has 0 aromatic rings. The second kappa shape index (κ2) is 10.8. The third-order valence-electron chi connectivity index (χ3n) is 5.75. The Morgan fingerprint density at radius 3 is 2.52 bits per heavy atom. The highest BCUT2D eigenvalue weighted by molar-refractivity contribution is 6.72. The van der Waals surface area contributed by atoms with Gasteiger partial charge in [0.05, 0.1) is 6.10 Å². The van der Waals surface area contributed by atoms with Crippen molar-refractivity contribution in [2.24, 2.45) is 11.7 Å². The number of amides is 1. The average molecular weight is 400 g/mol. The number of carbonyl (C=O) groups is 1. The molecule has 0 saturated carbocycles. The summed E-state index contributed by atoms with van der Waals surface area (Å²) in [6, 6.07) is -0.644. The molecule has 1 fully saturated rings. The Balaban J connectivity index is 2.37. The van der Waals surface area contributed by atoms with E-state index in [9.17, 15) is 14.7 Å². The van der Waals surface area contributed by atoms with Crippen molar-refractivity contribution >= 4 is 22.3 Å². The number of rotatable bonds is 11. The topological polar surface area (TPSA) is 114 Å². The maximum atomic E-state index is 11.8. The largest absolute Gasteiger partial charge is 0.447 e.